The van der Waals surface area contributed by atoms with Crippen LogP contribution in [0.2, 0.25) is 0 Å². The lowest BCUT2D eigenvalue weighted by Gasteiger charge is -2.25. The van der Waals surface area contributed by atoms with Gasteiger partial charge in [-0.25, -0.2) is 11.7 Å². The van der Waals surface area contributed by atoms with Crippen molar-refractivity contribution < 1.29 is 49.2 Å². The van der Waals surface area contributed by atoms with Crippen LogP contribution in [0.1, 0.15) is 45.7 Å². The maximum Gasteiger partial charge on any atom is 0.324 e. The first-order valence-electron chi connectivity index (χ1n) is 14.0. The minimum absolute atomic E-state index is 0. The number of hydrogen-bond donors (Lipinski definition) is 10. The van der Waals surface area contributed by atoms with E-state index in [9.17, 15) is 39.0 Å². The van der Waals surface area contributed by atoms with Gasteiger partial charge in [0.2, 0.25) is 11.6 Å². The molecule has 1 aliphatic rings. The van der Waals surface area contributed by atoms with Gasteiger partial charge in [-0.05, 0) is 38.1 Å². The zero-order valence-corrected chi connectivity index (χ0v) is 29.2. The summed E-state index contributed by atoms with van der Waals surface area (Å²) in [4.78, 5) is 73.5. The van der Waals surface area contributed by atoms with Crippen LogP contribution < -0.4 is 33.0 Å². The summed E-state index contributed by atoms with van der Waals surface area (Å²) in [6.07, 6.45) is 0. The minimum atomic E-state index is -1.27. The fraction of sp³-hybridized carbons (Fsp3) is 0.357. The van der Waals surface area contributed by atoms with Crippen LogP contribution >= 0.6 is 34.0 Å². The van der Waals surface area contributed by atoms with E-state index in [1.807, 2.05) is 0 Å². The molecule has 0 saturated heterocycles. The van der Waals surface area contributed by atoms with Crippen molar-refractivity contribution in [1.82, 2.24) is 20.7 Å². The number of nitrogens with one attached hydrogen (secondary N) is 4. The summed E-state index contributed by atoms with van der Waals surface area (Å²) in [7, 11) is 0. The van der Waals surface area contributed by atoms with Crippen molar-refractivity contribution in [3.63, 3.8) is 0 Å². The Balaban J connectivity index is 0.00000576. The average Bonchev–Trinajstić information content (AvgIpc) is 2.99. The van der Waals surface area contributed by atoms with Gasteiger partial charge in [0, 0.05) is 37.6 Å². The molecule has 0 radical (unpaired) electrons. The topological polar surface area (TPSA) is 290 Å². The van der Waals surface area contributed by atoms with Crippen molar-refractivity contribution in [2.45, 2.75) is 25.9 Å². The smallest absolute Gasteiger partial charge is 0.324 e. The molecule has 264 valence electrons. The van der Waals surface area contributed by atoms with Crippen LogP contribution in [0.3, 0.4) is 0 Å². The van der Waals surface area contributed by atoms with Crippen molar-refractivity contribution in [1.29, 1.82) is 0 Å². The largest absolute Gasteiger partial charge is 0.507 e. The Labute approximate surface area is 295 Å². The molecule has 0 spiro atoms. The molecule has 0 unspecified atom stereocenters. The number of anilines is 2. The van der Waals surface area contributed by atoms with E-state index in [1.165, 1.54) is 26.0 Å². The standard InChI is InChI=1S/C28H36N8O10.2BrH/c1-13(27(45)35(29)11-19(39)40)31-7-9-33-15-3-4-16(34-10-8-32-14(2)28(46)36(30)12-20(41)42)22-21(15)25(43)23-17(37)5-6-18(38)24(23)26(22)44;;/h3-6,13-14,31-34,37-38H,7-12,29-30H2,1-2H3,(H,39,40)(H,41,42);2*1H/t13-,14-;;/m0../s1. The first-order chi connectivity index (χ1) is 21.6. The second-order valence-corrected chi connectivity index (χ2v) is 10.3. The SMILES string of the molecule is Br.Br.C[C@H](NCCNc1ccc(NCCN[C@@H](C)C(=O)N(N)CC(=O)O)c2c1C(=O)c1c(O)ccc(O)c1C2=O)C(=O)N(N)CC(=O)O. The van der Waals surface area contributed by atoms with E-state index in [4.69, 9.17) is 21.9 Å². The number of nitrogens with two attached hydrogens (primary N) is 2. The molecule has 48 heavy (non-hydrogen) atoms. The first-order valence-corrected chi connectivity index (χ1v) is 14.0. The van der Waals surface area contributed by atoms with Crippen molar-refractivity contribution in [3.8, 4) is 11.5 Å². The minimum Gasteiger partial charge on any atom is -0.507 e. The Morgan fingerprint density at radius 2 is 0.979 bits per heavy atom. The fourth-order valence-corrected chi connectivity index (χ4v) is 4.75. The molecule has 0 fully saturated rings. The molecule has 0 aliphatic heterocycles. The van der Waals surface area contributed by atoms with E-state index in [-0.39, 0.29) is 93.8 Å². The summed E-state index contributed by atoms with van der Waals surface area (Å²) in [6.45, 7) is 2.21. The van der Waals surface area contributed by atoms with Crippen LogP contribution in [0.5, 0.6) is 11.5 Å². The predicted molar refractivity (Wildman–Crippen MR) is 183 cm³/mol. The average molecular weight is 806 g/mol. The zero-order chi connectivity index (χ0) is 34.3. The van der Waals surface area contributed by atoms with Crippen LogP contribution in [-0.2, 0) is 19.2 Å². The van der Waals surface area contributed by atoms with Crippen molar-refractivity contribution in [2.24, 2.45) is 11.7 Å². The number of fused-ring (bicyclic) bond motifs is 2. The molecule has 2 aromatic rings. The number of amides is 2. The summed E-state index contributed by atoms with van der Waals surface area (Å²) in [6, 6.07) is 3.58. The third-order valence-corrected chi connectivity index (χ3v) is 6.98. The number of halogens is 2. The van der Waals surface area contributed by atoms with Gasteiger partial charge in [-0.1, -0.05) is 0 Å². The number of carbonyl (C=O) groups is 6. The number of phenolic OH excluding ortho intramolecular Hbond substituents is 2. The normalized spacial score (nSPS) is 12.7. The Hall–Kier alpha value is -4.34. The number of carbonyl (C=O) groups excluding carboxylic acids is 4. The number of carboxylic acids is 2. The van der Waals surface area contributed by atoms with Crippen LogP contribution in [0.15, 0.2) is 24.3 Å². The molecule has 0 heterocycles. The second kappa shape index (κ2) is 18.3. The van der Waals surface area contributed by atoms with Crippen molar-refractivity contribution >= 4 is 80.7 Å². The van der Waals surface area contributed by atoms with Crippen LogP contribution in [0.25, 0.3) is 0 Å². The fourth-order valence-electron chi connectivity index (χ4n) is 4.75. The number of ketones is 2. The van der Waals surface area contributed by atoms with Crippen LogP contribution in [0, 0.1) is 0 Å². The molecule has 2 amide bonds. The van der Waals surface area contributed by atoms with Gasteiger partial charge in [0.15, 0.2) is 0 Å². The number of hydrazine groups is 2. The zero-order valence-electron chi connectivity index (χ0n) is 25.8. The molecule has 2 aromatic carbocycles. The molecular formula is C28H38Br2N8O10. The lowest BCUT2D eigenvalue weighted by molar-refractivity contribution is -0.145. The first kappa shape index (κ1) is 41.7. The van der Waals surface area contributed by atoms with Gasteiger partial charge in [-0.15, -0.1) is 34.0 Å². The Morgan fingerprint density at radius 1 is 0.646 bits per heavy atom. The number of benzene rings is 2. The highest BCUT2D eigenvalue weighted by Crippen LogP contribution is 2.42. The van der Waals surface area contributed by atoms with Gasteiger partial charge in [-0.2, -0.15) is 0 Å². The molecule has 20 heteroatoms. The summed E-state index contributed by atoms with van der Waals surface area (Å²) in [5.41, 5.74) is -0.440. The lowest BCUT2D eigenvalue weighted by atomic mass is 9.81. The monoisotopic (exact) mass is 804 g/mol. The van der Waals surface area contributed by atoms with E-state index in [1.54, 1.807) is 0 Å². The molecule has 3 rings (SSSR count). The highest BCUT2D eigenvalue weighted by Gasteiger charge is 2.38. The lowest BCUT2D eigenvalue weighted by Crippen LogP contribution is -2.50. The Morgan fingerprint density at radius 3 is 1.29 bits per heavy atom. The van der Waals surface area contributed by atoms with Gasteiger partial charge < -0.3 is 41.7 Å². The molecule has 0 aromatic heterocycles. The number of hydrogen-bond acceptors (Lipinski definition) is 14. The van der Waals surface area contributed by atoms with Crippen LogP contribution in [-0.4, -0.2) is 117 Å². The van der Waals surface area contributed by atoms with E-state index in [0.29, 0.717) is 10.0 Å². The number of phenols is 2. The maximum atomic E-state index is 13.7. The third kappa shape index (κ3) is 9.84. The summed E-state index contributed by atoms with van der Waals surface area (Å²) in [5.74, 6) is 4.65. The molecule has 0 bridgehead atoms. The van der Waals surface area contributed by atoms with Crippen LogP contribution in [0.4, 0.5) is 11.4 Å². The number of nitrogens with zero attached hydrogens (tertiary/aromatic N) is 2. The number of aromatic hydroxyl groups is 2. The Bertz CT molecular complexity index is 1450. The van der Waals surface area contributed by atoms with Crippen molar-refractivity contribution in [3.05, 3.63) is 46.5 Å². The molecule has 1 aliphatic carbocycles. The van der Waals surface area contributed by atoms with E-state index in [2.05, 4.69) is 21.3 Å². The highest BCUT2D eigenvalue weighted by atomic mass is 79.9. The molecular weight excluding hydrogens is 768 g/mol. The summed E-state index contributed by atoms with van der Waals surface area (Å²) >= 11 is 0. The maximum absolute atomic E-state index is 13.7. The number of carboxylic acid groups (broad SMARTS) is 2. The van der Waals surface area contributed by atoms with Crippen molar-refractivity contribution in [2.75, 3.05) is 49.9 Å². The van der Waals surface area contributed by atoms with E-state index < -0.39 is 72.0 Å². The van der Waals surface area contributed by atoms with E-state index in [0.717, 1.165) is 12.1 Å². The molecule has 18 nitrogen and oxygen atoms in total. The predicted octanol–water partition coefficient (Wildman–Crippen LogP) is -0.617. The summed E-state index contributed by atoms with van der Waals surface area (Å²) < 4.78 is 0. The molecule has 0 saturated carbocycles. The second-order valence-electron chi connectivity index (χ2n) is 10.3. The van der Waals surface area contributed by atoms with Gasteiger partial charge in [0.05, 0.1) is 34.3 Å². The molecule has 2 atom stereocenters. The van der Waals surface area contributed by atoms with Gasteiger partial charge in [0.25, 0.3) is 11.8 Å². The quantitative estimate of drug-likeness (QED) is 0.0284. The summed E-state index contributed by atoms with van der Waals surface area (Å²) in [5, 5.41) is 51.5. The number of aliphatic carboxylic acids is 2. The van der Waals surface area contributed by atoms with Gasteiger partial charge >= 0.3 is 11.9 Å². The Kier molecular flexibility index (Phi) is 15.9. The molecule has 12 N–H and O–H groups in total. The van der Waals surface area contributed by atoms with Gasteiger partial charge in [0.1, 0.15) is 24.6 Å². The van der Waals surface area contributed by atoms with Gasteiger partial charge in [-0.3, -0.25) is 38.8 Å². The highest BCUT2D eigenvalue weighted by molar-refractivity contribution is 8.93. The number of rotatable bonds is 16. The van der Waals surface area contributed by atoms with E-state index >= 15 is 0 Å². The third-order valence-electron chi connectivity index (χ3n) is 6.98.